The molecule has 0 amide bonds. The largest absolute Gasteiger partial charge is 0.435 e. The van der Waals surface area contributed by atoms with Gasteiger partial charge in [0.15, 0.2) is 0 Å². The Bertz CT molecular complexity index is 332. The van der Waals surface area contributed by atoms with E-state index in [1.807, 2.05) is 13.0 Å². The highest BCUT2D eigenvalue weighted by Crippen LogP contribution is 2.44. The average molecular weight is 198 g/mol. The van der Waals surface area contributed by atoms with Crippen molar-refractivity contribution in [2.75, 3.05) is 0 Å². The fourth-order valence-corrected chi connectivity index (χ4v) is 1.58. The quantitative estimate of drug-likeness (QED) is 0.722. The van der Waals surface area contributed by atoms with Crippen LogP contribution >= 0.6 is 0 Å². The molecule has 0 atom stereocenters. The van der Waals surface area contributed by atoms with Crippen molar-refractivity contribution in [1.29, 1.82) is 0 Å². The Labute approximate surface area is 81.7 Å². The smallest absolute Gasteiger partial charge is 0.387 e. The average Bonchev–Trinajstić information content (AvgIpc) is 2.90. The molecule has 0 N–H and O–H groups in total. The van der Waals surface area contributed by atoms with Crippen molar-refractivity contribution in [2.45, 2.75) is 32.3 Å². The third-order valence-corrected chi connectivity index (χ3v) is 2.40. The van der Waals surface area contributed by atoms with Crippen molar-refractivity contribution in [1.82, 2.24) is 0 Å². The van der Waals surface area contributed by atoms with Crippen LogP contribution in [-0.2, 0) is 0 Å². The summed E-state index contributed by atoms with van der Waals surface area (Å²) in [5.74, 6) is 0.775. The molecular formula is C11H12F2O. The van der Waals surface area contributed by atoms with E-state index in [-0.39, 0.29) is 0 Å². The minimum atomic E-state index is -2.73. The summed E-state index contributed by atoms with van der Waals surface area (Å²) in [4.78, 5) is 0. The lowest BCUT2D eigenvalue weighted by Gasteiger charge is -2.10. The second-order valence-electron chi connectivity index (χ2n) is 3.69. The van der Waals surface area contributed by atoms with Gasteiger partial charge in [0, 0.05) is 0 Å². The van der Waals surface area contributed by atoms with Crippen molar-refractivity contribution < 1.29 is 13.5 Å². The summed E-state index contributed by atoms with van der Waals surface area (Å²) in [5, 5.41) is 0. The minimum absolute atomic E-state index is 0.341. The molecule has 1 aliphatic rings. The molecule has 14 heavy (non-hydrogen) atoms. The van der Waals surface area contributed by atoms with Gasteiger partial charge in [-0.25, -0.2) is 0 Å². The minimum Gasteiger partial charge on any atom is -0.435 e. The molecular weight excluding hydrogens is 186 g/mol. The highest BCUT2D eigenvalue weighted by molar-refractivity contribution is 5.41. The molecule has 0 radical (unpaired) electrons. The number of rotatable bonds is 3. The molecule has 1 aromatic carbocycles. The molecule has 1 fully saturated rings. The third kappa shape index (κ3) is 2.03. The Morgan fingerprint density at radius 1 is 1.36 bits per heavy atom. The first-order chi connectivity index (χ1) is 6.66. The van der Waals surface area contributed by atoms with Gasteiger partial charge in [-0.15, -0.1) is 0 Å². The van der Waals surface area contributed by atoms with E-state index >= 15 is 0 Å². The van der Waals surface area contributed by atoms with E-state index in [9.17, 15) is 8.78 Å². The number of halogens is 2. The lowest BCUT2D eigenvalue weighted by atomic mass is 10.1. The van der Waals surface area contributed by atoms with Crippen LogP contribution in [-0.4, -0.2) is 6.61 Å². The molecule has 0 unspecified atom stereocenters. The molecule has 1 aromatic rings. The molecule has 0 aliphatic heterocycles. The zero-order valence-corrected chi connectivity index (χ0v) is 7.97. The van der Waals surface area contributed by atoms with Gasteiger partial charge in [0.2, 0.25) is 0 Å². The molecule has 0 bridgehead atoms. The van der Waals surface area contributed by atoms with Crippen LogP contribution in [0.5, 0.6) is 5.75 Å². The Kier molecular flexibility index (Phi) is 2.40. The topological polar surface area (TPSA) is 9.23 Å². The molecule has 0 spiro atoms. The van der Waals surface area contributed by atoms with Gasteiger partial charge in [0.1, 0.15) is 5.75 Å². The van der Waals surface area contributed by atoms with Gasteiger partial charge in [-0.2, -0.15) is 8.78 Å². The fraction of sp³-hybridized carbons (Fsp3) is 0.455. The van der Waals surface area contributed by atoms with Crippen LogP contribution in [0.4, 0.5) is 8.78 Å². The predicted molar refractivity (Wildman–Crippen MR) is 49.8 cm³/mol. The van der Waals surface area contributed by atoms with Crippen LogP contribution < -0.4 is 4.74 Å². The summed E-state index contributed by atoms with van der Waals surface area (Å²) < 4.78 is 28.6. The number of hydrogen-bond acceptors (Lipinski definition) is 1. The van der Waals surface area contributed by atoms with E-state index in [2.05, 4.69) is 4.74 Å². The van der Waals surface area contributed by atoms with Crippen LogP contribution in [0.25, 0.3) is 0 Å². The molecule has 76 valence electrons. The van der Waals surface area contributed by atoms with Crippen molar-refractivity contribution in [3.05, 3.63) is 29.3 Å². The second kappa shape index (κ2) is 3.56. The molecule has 1 nitrogen and oxygen atoms in total. The maximum atomic E-state index is 12.1. The van der Waals surface area contributed by atoms with Crippen LogP contribution in [0.2, 0.25) is 0 Å². The molecule has 0 heterocycles. The van der Waals surface area contributed by atoms with Crippen molar-refractivity contribution in [2.24, 2.45) is 0 Å². The first kappa shape index (κ1) is 9.44. The van der Waals surface area contributed by atoms with Gasteiger partial charge in [-0.05, 0) is 37.3 Å². The van der Waals surface area contributed by atoms with E-state index in [0.29, 0.717) is 11.7 Å². The molecule has 1 saturated carbocycles. The van der Waals surface area contributed by atoms with E-state index in [1.54, 1.807) is 12.1 Å². The molecule has 0 aromatic heterocycles. The highest BCUT2D eigenvalue weighted by Gasteiger charge is 2.27. The second-order valence-corrected chi connectivity index (χ2v) is 3.69. The van der Waals surface area contributed by atoms with Gasteiger partial charge >= 0.3 is 6.61 Å². The molecule has 0 saturated heterocycles. The first-order valence-electron chi connectivity index (χ1n) is 4.72. The van der Waals surface area contributed by atoms with Crippen LogP contribution in [0, 0.1) is 6.92 Å². The van der Waals surface area contributed by atoms with Gasteiger partial charge in [0.25, 0.3) is 0 Å². The summed E-state index contributed by atoms with van der Waals surface area (Å²) in [5.41, 5.74) is 2.03. The van der Waals surface area contributed by atoms with Gasteiger partial charge in [-0.3, -0.25) is 0 Å². The summed E-state index contributed by atoms with van der Waals surface area (Å²) in [6.07, 6.45) is 2.17. The summed E-state index contributed by atoms with van der Waals surface area (Å²) in [7, 11) is 0. The number of benzene rings is 1. The predicted octanol–water partition coefficient (Wildman–Crippen LogP) is 3.47. The SMILES string of the molecule is Cc1ccc(OC(F)F)c(C2CC2)c1. The van der Waals surface area contributed by atoms with Crippen LogP contribution in [0.3, 0.4) is 0 Å². The standard InChI is InChI=1S/C11H12F2O/c1-7-2-5-10(14-11(12)13)9(6-7)8-3-4-8/h2,5-6,8,11H,3-4H2,1H3. The maximum absolute atomic E-state index is 12.1. The number of ether oxygens (including phenoxy) is 1. The maximum Gasteiger partial charge on any atom is 0.387 e. The first-order valence-corrected chi connectivity index (χ1v) is 4.72. The monoisotopic (exact) mass is 198 g/mol. The van der Waals surface area contributed by atoms with Crippen molar-refractivity contribution in [3.8, 4) is 5.75 Å². The Morgan fingerprint density at radius 3 is 2.64 bits per heavy atom. The highest BCUT2D eigenvalue weighted by atomic mass is 19.3. The fourth-order valence-electron chi connectivity index (χ4n) is 1.58. The number of aryl methyl sites for hydroxylation is 1. The van der Waals surface area contributed by atoms with Gasteiger partial charge < -0.3 is 4.74 Å². The Balaban J connectivity index is 2.27. The molecule has 1 aliphatic carbocycles. The zero-order valence-electron chi connectivity index (χ0n) is 7.97. The summed E-state index contributed by atoms with van der Waals surface area (Å²) in [6.45, 7) is -0.770. The van der Waals surface area contributed by atoms with Gasteiger partial charge in [0.05, 0.1) is 0 Å². The van der Waals surface area contributed by atoms with E-state index < -0.39 is 6.61 Å². The molecule has 2 rings (SSSR count). The third-order valence-electron chi connectivity index (χ3n) is 2.40. The van der Waals surface area contributed by atoms with Crippen molar-refractivity contribution >= 4 is 0 Å². The summed E-state index contributed by atoms with van der Waals surface area (Å²) >= 11 is 0. The Morgan fingerprint density at radius 2 is 2.07 bits per heavy atom. The lowest BCUT2D eigenvalue weighted by molar-refractivity contribution is -0.0504. The Hall–Kier alpha value is -1.12. The van der Waals surface area contributed by atoms with E-state index in [0.717, 1.165) is 24.0 Å². The van der Waals surface area contributed by atoms with E-state index in [4.69, 9.17) is 0 Å². The number of hydrogen-bond donors (Lipinski definition) is 0. The molecule has 3 heteroatoms. The van der Waals surface area contributed by atoms with Crippen LogP contribution in [0.1, 0.15) is 29.9 Å². The zero-order chi connectivity index (χ0) is 10.1. The van der Waals surface area contributed by atoms with Gasteiger partial charge in [-0.1, -0.05) is 17.7 Å². The summed E-state index contributed by atoms with van der Waals surface area (Å²) in [6, 6.07) is 5.37. The van der Waals surface area contributed by atoms with Crippen molar-refractivity contribution in [3.63, 3.8) is 0 Å². The number of alkyl halides is 2. The van der Waals surface area contributed by atoms with E-state index in [1.165, 1.54) is 0 Å². The normalized spacial score (nSPS) is 16.0. The lowest BCUT2D eigenvalue weighted by Crippen LogP contribution is -2.04. The van der Waals surface area contributed by atoms with Crippen LogP contribution in [0.15, 0.2) is 18.2 Å².